The average molecular weight is 591 g/mol. The molecule has 4 heterocycles. The van der Waals surface area contributed by atoms with E-state index in [0.717, 1.165) is 62.6 Å². The van der Waals surface area contributed by atoms with Gasteiger partial charge in [0.05, 0.1) is 25.2 Å². The van der Waals surface area contributed by atoms with E-state index in [0.29, 0.717) is 35.3 Å². The van der Waals surface area contributed by atoms with E-state index in [2.05, 4.69) is 47.0 Å². The van der Waals surface area contributed by atoms with Crippen molar-refractivity contribution in [2.45, 2.75) is 57.7 Å². The summed E-state index contributed by atoms with van der Waals surface area (Å²) in [6, 6.07) is 11.8. The Hall–Kier alpha value is -3.21. The van der Waals surface area contributed by atoms with Crippen molar-refractivity contribution >= 4 is 11.6 Å². The van der Waals surface area contributed by atoms with E-state index in [9.17, 15) is 13.6 Å². The van der Waals surface area contributed by atoms with Gasteiger partial charge in [-0.05, 0) is 66.8 Å². The van der Waals surface area contributed by atoms with Gasteiger partial charge < -0.3 is 19.1 Å². The van der Waals surface area contributed by atoms with Gasteiger partial charge in [-0.1, -0.05) is 26.0 Å². The Morgan fingerprint density at radius 3 is 2.53 bits per heavy atom. The Bertz CT molecular complexity index is 1540. The number of halogens is 2. The predicted molar refractivity (Wildman–Crippen MR) is 159 cm³/mol. The molecule has 4 aliphatic rings. The number of aryl methyl sites for hydroxylation is 1. The number of hydrogen-bond acceptors (Lipinski definition) is 6. The van der Waals surface area contributed by atoms with Crippen LogP contribution in [0.5, 0.6) is 0 Å². The van der Waals surface area contributed by atoms with Crippen LogP contribution in [0.2, 0.25) is 0 Å². The SMILES string of the molecule is CC(C)C1CN(C)CCN1Cc1cc2c(c(C(F)F)c1)CN(c1cccc(C3(c4nncn4C)CC4(COC4)C3)c1)C2=O. The van der Waals surface area contributed by atoms with Crippen LogP contribution >= 0.6 is 0 Å². The number of benzene rings is 2. The third-order valence-corrected chi connectivity index (χ3v) is 10.3. The topological polar surface area (TPSA) is 66.7 Å². The van der Waals surface area contributed by atoms with Crippen LogP contribution in [0.25, 0.3) is 0 Å². The van der Waals surface area contributed by atoms with Crippen LogP contribution in [-0.4, -0.2) is 76.4 Å². The highest BCUT2D eigenvalue weighted by molar-refractivity contribution is 6.10. The molecule has 7 rings (SSSR count). The second-order valence-electron chi connectivity index (χ2n) is 13.7. The first kappa shape index (κ1) is 28.6. The fourth-order valence-corrected chi connectivity index (χ4v) is 8.05. The monoisotopic (exact) mass is 590 g/mol. The number of alkyl halides is 2. The zero-order valence-electron chi connectivity index (χ0n) is 25.4. The molecule has 1 amide bonds. The number of fused-ring (bicyclic) bond motifs is 1. The van der Waals surface area contributed by atoms with Crippen molar-refractivity contribution in [2.24, 2.45) is 18.4 Å². The molecule has 2 aromatic carbocycles. The maximum absolute atomic E-state index is 14.5. The summed E-state index contributed by atoms with van der Waals surface area (Å²) in [6.07, 6.45) is 0.856. The lowest BCUT2D eigenvalue weighted by molar-refractivity contribution is -0.182. The van der Waals surface area contributed by atoms with Crippen molar-refractivity contribution in [2.75, 3.05) is 44.8 Å². The van der Waals surface area contributed by atoms with Crippen molar-refractivity contribution in [1.29, 1.82) is 0 Å². The van der Waals surface area contributed by atoms with Gasteiger partial charge in [0.25, 0.3) is 12.3 Å². The molecule has 10 heteroatoms. The van der Waals surface area contributed by atoms with Gasteiger partial charge in [0.15, 0.2) is 0 Å². The molecule has 0 bridgehead atoms. The van der Waals surface area contributed by atoms with Gasteiger partial charge in [0.2, 0.25) is 0 Å². The number of nitrogens with zero attached hydrogens (tertiary/aromatic N) is 6. The number of anilines is 1. The van der Waals surface area contributed by atoms with Crippen molar-refractivity contribution in [1.82, 2.24) is 24.6 Å². The lowest BCUT2D eigenvalue weighted by Crippen LogP contribution is -2.60. The highest BCUT2D eigenvalue weighted by atomic mass is 19.3. The zero-order valence-corrected chi connectivity index (χ0v) is 25.4. The van der Waals surface area contributed by atoms with Crippen LogP contribution in [0.1, 0.15) is 71.6 Å². The summed E-state index contributed by atoms with van der Waals surface area (Å²) in [5.74, 6) is 1.11. The van der Waals surface area contributed by atoms with E-state index in [-0.39, 0.29) is 28.8 Å². The molecule has 43 heavy (non-hydrogen) atoms. The molecule has 8 nitrogen and oxygen atoms in total. The number of amides is 1. The standard InChI is InChI=1S/C33H40F2N6O2/c1-21(2)28-15-38(3)8-9-40(28)13-22-10-25(29(34)35)27-14-41(30(42)26(27)11-22)24-7-5-6-23(12-24)33(31-37-36-20-39(31)4)16-32(17-33)18-43-19-32/h5-7,10-12,20-21,28-29H,8-9,13-19H2,1-4H3. The van der Waals surface area contributed by atoms with Crippen LogP contribution < -0.4 is 4.90 Å². The zero-order chi connectivity index (χ0) is 30.1. The summed E-state index contributed by atoms with van der Waals surface area (Å²) in [5.41, 5.74) is 3.17. The second kappa shape index (κ2) is 10.5. The third-order valence-electron chi connectivity index (χ3n) is 10.3. The van der Waals surface area contributed by atoms with E-state index in [1.165, 1.54) is 0 Å². The average Bonchev–Trinajstić information content (AvgIpc) is 3.51. The van der Waals surface area contributed by atoms with E-state index in [4.69, 9.17) is 4.74 Å². The minimum atomic E-state index is -2.66. The number of piperazine rings is 1. The molecule has 3 fully saturated rings. The van der Waals surface area contributed by atoms with Crippen LogP contribution in [0, 0.1) is 11.3 Å². The Morgan fingerprint density at radius 2 is 1.88 bits per heavy atom. The third kappa shape index (κ3) is 4.69. The van der Waals surface area contributed by atoms with Crippen molar-refractivity contribution < 1.29 is 18.3 Å². The Labute approximate surface area is 251 Å². The van der Waals surface area contributed by atoms with E-state index in [1.807, 2.05) is 35.9 Å². The Morgan fingerprint density at radius 1 is 1.09 bits per heavy atom. The van der Waals surface area contributed by atoms with E-state index >= 15 is 0 Å². The van der Waals surface area contributed by atoms with Gasteiger partial charge in [-0.15, -0.1) is 10.2 Å². The van der Waals surface area contributed by atoms with Gasteiger partial charge in [0, 0.05) is 61.5 Å². The molecule has 3 aliphatic heterocycles. The maximum atomic E-state index is 14.5. The summed E-state index contributed by atoms with van der Waals surface area (Å²) in [5, 5.41) is 8.66. The molecule has 228 valence electrons. The highest BCUT2D eigenvalue weighted by Crippen LogP contribution is 2.61. The summed E-state index contributed by atoms with van der Waals surface area (Å²) >= 11 is 0. The summed E-state index contributed by atoms with van der Waals surface area (Å²) in [7, 11) is 4.08. The molecular weight excluding hydrogens is 550 g/mol. The molecule has 1 unspecified atom stereocenters. The first-order chi connectivity index (χ1) is 20.6. The second-order valence-corrected chi connectivity index (χ2v) is 13.7. The Balaban J connectivity index is 1.20. The van der Waals surface area contributed by atoms with Crippen LogP contribution in [-0.2, 0) is 30.3 Å². The highest BCUT2D eigenvalue weighted by Gasteiger charge is 2.61. The number of carbonyl (C=O) groups excluding carboxylic acids is 1. The normalized spacial score (nSPS) is 23.2. The summed E-state index contributed by atoms with van der Waals surface area (Å²) < 4.78 is 36.5. The van der Waals surface area contributed by atoms with Crippen LogP contribution in [0.3, 0.4) is 0 Å². The number of rotatable bonds is 7. The molecule has 0 N–H and O–H groups in total. The van der Waals surface area contributed by atoms with Gasteiger partial charge in [-0.25, -0.2) is 8.78 Å². The quantitative estimate of drug-likeness (QED) is 0.395. The number of ether oxygens (including phenoxy) is 1. The van der Waals surface area contributed by atoms with Gasteiger partial charge >= 0.3 is 0 Å². The fourth-order valence-electron chi connectivity index (χ4n) is 8.05. The molecule has 1 aromatic heterocycles. The molecule has 2 saturated heterocycles. The van der Waals surface area contributed by atoms with Gasteiger partial charge in [-0.3, -0.25) is 9.69 Å². The molecule has 1 spiro atoms. The number of carbonyl (C=O) groups is 1. The lowest BCUT2D eigenvalue weighted by atomic mass is 9.49. The van der Waals surface area contributed by atoms with Crippen molar-refractivity contribution in [3.05, 3.63) is 76.4 Å². The molecule has 0 radical (unpaired) electrons. The summed E-state index contributed by atoms with van der Waals surface area (Å²) in [6.45, 7) is 9.34. The van der Waals surface area contributed by atoms with E-state index < -0.39 is 6.43 Å². The lowest BCUT2D eigenvalue weighted by Gasteiger charge is -2.59. The molecule has 3 aromatic rings. The molecule has 1 aliphatic carbocycles. The summed E-state index contributed by atoms with van der Waals surface area (Å²) in [4.78, 5) is 20.3. The first-order valence-corrected chi connectivity index (χ1v) is 15.3. The van der Waals surface area contributed by atoms with Crippen molar-refractivity contribution in [3.63, 3.8) is 0 Å². The van der Waals surface area contributed by atoms with Gasteiger partial charge in [-0.2, -0.15) is 0 Å². The minimum absolute atomic E-state index is 0.0313. The molecule has 1 atom stereocenters. The smallest absolute Gasteiger partial charge is 0.264 e. The molecular formula is C33H40F2N6O2. The molecule has 1 saturated carbocycles. The van der Waals surface area contributed by atoms with Crippen LogP contribution in [0.4, 0.5) is 14.5 Å². The van der Waals surface area contributed by atoms with E-state index in [1.54, 1.807) is 17.3 Å². The predicted octanol–water partition coefficient (Wildman–Crippen LogP) is 4.78. The number of likely N-dealkylation sites (N-methyl/N-ethyl adjacent to an activating group) is 1. The van der Waals surface area contributed by atoms with Crippen molar-refractivity contribution in [3.8, 4) is 0 Å². The minimum Gasteiger partial charge on any atom is -0.380 e. The van der Waals surface area contributed by atoms with Gasteiger partial charge in [0.1, 0.15) is 12.2 Å². The Kier molecular flexibility index (Phi) is 6.94. The first-order valence-electron chi connectivity index (χ1n) is 15.3. The number of hydrogen-bond donors (Lipinski definition) is 0. The maximum Gasteiger partial charge on any atom is 0.264 e. The number of aromatic nitrogens is 3. The fraction of sp³-hybridized carbons (Fsp3) is 0.545. The van der Waals surface area contributed by atoms with Crippen LogP contribution in [0.15, 0.2) is 42.7 Å². The largest absolute Gasteiger partial charge is 0.380 e.